The van der Waals surface area contributed by atoms with Crippen LogP contribution in [0.1, 0.15) is 20.8 Å². The maximum atomic E-state index is 13.5. The van der Waals surface area contributed by atoms with Crippen molar-refractivity contribution in [3.63, 3.8) is 0 Å². The van der Waals surface area contributed by atoms with Crippen molar-refractivity contribution in [2.75, 3.05) is 10.6 Å². The van der Waals surface area contributed by atoms with E-state index in [1.165, 1.54) is 6.07 Å². The number of benzene rings is 2. The summed E-state index contributed by atoms with van der Waals surface area (Å²) in [5, 5.41) is 6.25. The van der Waals surface area contributed by atoms with Crippen LogP contribution >= 0.6 is 0 Å². The summed E-state index contributed by atoms with van der Waals surface area (Å²) in [5.41, 5.74) is 1.83. The Kier molecular flexibility index (Phi) is 4.84. The first-order valence-corrected chi connectivity index (χ1v) is 8.25. The molecule has 1 aromatic heterocycles. The molecule has 0 atom stereocenters. The Morgan fingerprint density at radius 1 is 0.846 bits per heavy atom. The number of anilines is 3. The smallest absolute Gasteiger partial charge is 0.225 e. The molecule has 3 rings (SSSR count). The number of nitrogens with one attached hydrogen (secondary N) is 2. The highest BCUT2D eigenvalue weighted by Crippen LogP contribution is 2.25. The van der Waals surface area contributed by atoms with E-state index in [2.05, 4.69) is 20.6 Å². The van der Waals surface area contributed by atoms with E-state index in [-0.39, 0.29) is 5.54 Å². The number of hydrogen-bond acceptors (Lipinski definition) is 4. The normalized spacial score (nSPS) is 11.3. The fourth-order valence-corrected chi connectivity index (χ4v) is 2.38. The van der Waals surface area contributed by atoms with Gasteiger partial charge in [0.2, 0.25) is 5.95 Å². The molecule has 0 bridgehead atoms. The van der Waals surface area contributed by atoms with Crippen molar-refractivity contribution in [2.24, 2.45) is 0 Å². The van der Waals surface area contributed by atoms with Crippen molar-refractivity contribution < 1.29 is 8.78 Å². The topological polar surface area (TPSA) is 49.8 Å². The highest BCUT2D eigenvalue weighted by atomic mass is 19.2. The lowest BCUT2D eigenvalue weighted by molar-refractivity contribution is 0.509. The predicted octanol–water partition coefficient (Wildman–Crippen LogP) is 5.38. The van der Waals surface area contributed by atoms with Crippen molar-refractivity contribution in [1.82, 2.24) is 9.97 Å². The van der Waals surface area contributed by atoms with Gasteiger partial charge in [0.1, 0.15) is 5.82 Å². The molecule has 3 aromatic rings. The molecule has 0 amide bonds. The Labute approximate surface area is 151 Å². The van der Waals surface area contributed by atoms with Crippen molar-refractivity contribution in [1.29, 1.82) is 0 Å². The number of halogens is 2. The largest absolute Gasteiger partial charge is 0.350 e. The van der Waals surface area contributed by atoms with E-state index < -0.39 is 11.6 Å². The lowest BCUT2D eigenvalue weighted by Gasteiger charge is -2.21. The van der Waals surface area contributed by atoms with Gasteiger partial charge in [-0.2, -0.15) is 4.98 Å². The van der Waals surface area contributed by atoms with Gasteiger partial charge >= 0.3 is 0 Å². The van der Waals surface area contributed by atoms with Crippen molar-refractivity contribution in [3.05, 3.63) is 66.2 Å². The molecule has 2 N–H and O–H groups in total. The molecule has 0 aliphatic heterocycles. The van der Waals surface area contributed by atoms with Crippen LogP contribution in [0.15, 0.2) is 54.6 Å². The lowest BCUT2D eigenvalue weighted by atomic mass is 10.1. The molecule has 0 saturated carbocycles. The maximum Gasteiger partial charge on any atom is 0.225 e. The number of rotatable bonds is 4. The summed E-state index contributed by atoms with van der Waals surface area (Å²) in [4.78, 5) is 9.01. The van der Waals surface area contributed by atoms with Gasteiger partial charge in [0.05, 0.1) is 5.69 Å². The first-order valence-electron chi connectivity index (χ1n) is 8.25. The average Bonchev–Trinajstić information content (AvgIpc) is 2.57. The molecular weight excluding hydrogens is 334 g/mol. The summed E-state index contributed by atoms with van der Waals surface area (Å²) in [5.74, 6) is -0.876. The third-order valence-corrected chi connectivity index (χ3v) is 3.47. The monoisotopic (exact) mass is 354 g/mol. The SMILES string of the molecule is CC(C)(C)Nc1nc(Nc2ccc(F)c(F)c2)cc(-c2ccccc2)n1. The standard InChI is InChI=1S/C20H20F2N4/c1-20(2,3)26-19-24-17(13-7-5-4-6-8-13)12-18(25-19)23-14-9-10-15(21)16(22)11-14/h4-12H,1-3H3,(H2,23,24,25,26). The number of hydrogen-bond donors (Lipinski definition) is 2. The minimum absolute atomic E-state index is 0.228. The highest BCUT2D eigenvalue weighted by molar-refractivity contribution is 5.67. The quantitative estimate of drug-likeness (QED) is 0.661. The zero-order valence-corrected chi connectivity index (χ0v) is 14.8. The van der Waals surface area contributed by atoms with Crippen LogP contribution in [0.2, 0.25) is 0 Å². The van der Waals surface area contributed by atoms with E-state index in [0.717, 1.165) is 23.4 Å². The van der Waals surface area contributed by atoms with E-state index in [0.29, 0.717) is 17.5 Å². The predicted molar refractivity (Wildman–Crippen MR) is 100 cm³/mol. The van der Waals surface area contributed by atoms with Gasteiger partial charge in [0.15, 0.2) is 11.6 Å². The Morgan fingerprint density at radius 2 is 1.58 bits per heavy atom. The van der Waals surface area contributed by atoms with Gasteiger partial charge in [-0.3, -0.25) is 0 Å². The second kappa shape index (κ2) is 7.07. The first-order chi connectivity index (χ1) is 12.3. The van der Waals surface area contributed by atoms with E-state index in [4.69, 9.17) is 0 Å². The summed E-state index contributed by atoms with van der Waals surface area (Å²) < 4.78 is 26.6. The summed E-state index contributed by atoms with van der Waals surface area (Å²) in [7, 11) is 0. The summed E-state index contributed by atoms with van der Waals surface area (Å²) >= 11 is 0. The maximum absolute atomic E-state index is 13.5. The second-order valence-corrected chi connectivity index (χ2v) is 6.96. The van der Waals surface area contributed by atoms with Crippen LogP contribution in [0.25, 0.3) is 11.3 Å². The Bertz CT molecular complexity index is 905. The molecule has 6 heteroatoms. The van der Waals surface area contributed by atoms with Gasteiger partial charge in [-0.25, -0.2) is 13.8 Å². The summed E-state index contributed by atoms with van der Waals surface area (Å²) in [6, 6.07) is 15.1. The van der Waals surface area contributed by atoms with Crippen LogP contribution in [0.4, 0.5) is 26.2 Å². The van der Waals surface area contributed by atoms with Crippen LogP contribution in [0, 0.1) is 11.6 Å². The summed E-state index contributed by atoms with van der Waals surface area (Å²) in [6.07, 6.45) is 0. The molecule has 0 fully saturated rings. The number of aromatic nitrogens is 2. The van der Waals surface area contributed by atoms with Gasteiger partial charge in [-0.05, 0) is 32.9 Å². The van der Waals surface area contributed by atoms with Crippen LogP contribution in [-0.2, 0) is 0 Å². The molecular formula is C20H20F2N4. The molecule has 134 valence electrons. The van der Waals surface area contributed by atoms with Crippen molar-refractivity contribution in [3.8, 4) is 11.3 Å². The van der Waals surface area contributed by atoms with Crippen molar-refractivity contribution >= 4 is 17.5 Å². The fraction of sp³-hybridized carbons (Fsp3) is 0.200. The summed E-state index contributed by atoms with van der Waals surface area (Å²) in [6.45, 7) is 6.02. The molecule has 2 aromatic carbocycles. The Balaban J connectivity index is 2.00. The third-order valence-electron chi connectivity index (χ3n) is 3.47. The minimum Gasteiger partial charge on any atom is -0.350 e. The molecule has 0 unspecified atom stereocenters. The van der Waals surface area contributed by atoms with Gasteiger partial charge in [-0.15, -0.1) is 0 Å². The lowest BCUT2D eigenvalue weighted by Crippen LogP contribution is -2.27. The molecule has 0 radical (unpaired) electrons. The Hall–Kier alpha value is -3.02. The zero-order valence-electron chi connectivity index (χ0n) is 14.8. The average molecular weight is 354 g/mol. The van der Waals surface area contributed by atoms with Gasteiger partial charge in [-0.1, -0.05) is 30.3 Å². The minimum atomic E-state index is -0.916. The molecule has 0 aliphatic carbocycles. The van der Waals surface area contributed by atoms with E-state index in [9.17, 15) is 8.78 Å². The van der Waals surface area contributed by atoms with E-state index >= 15 is 0 Å². The van der Waals surface area contributed by atoms with Gasteiger partial charge in [0, 0.05) is 28.9 Å². The molecule has 26 heavy (non-hydrogen) atoms. The molecule has 0 spiro atoms. The van der Waals surface area contributed by atoms with Gasteiger partial charge < -0.3 is 10.6 Å². The Morgan fingerprint density at radius 3 is 2.23 bits per heavy atom. The molecule has 1 heterocycles. The van der Waals surface area contributed by atoms with E-state index in [1.54, 1.807) is 6.07 Å². The third kappa shape index (κ3) is 4.53. The van der Waals surface area contributed by atoms with Crippen LogP contribution in [-0.4, -0.2) is 15.5 Å². The van der Waals surface area contributed by atoms with Crippen molar-refractivity contribution in [2.45, 2.75) is 26.3 Å². The molecule has 0 saturated heterocycles. The van der Waals surface area contributed by atoms with Crippen LogP contribution in [0.3, 0.4) is 0 Å². The molecule has 4 nitrogen and oxygen atoms in total. The molecule has 0 aliphatic rings. The zero-order chi connectivity index (χ0) is 18.7. The van der Waals surface area contributed by atoms with Crippen LogP contribution < -0.4 is 10.6 Å². The second-order valence-electron chi connectivity index (χ2n) is 6.96. The fourth-order valence-electron chi connectivity index (χ4n) is 2.38. The van der Waals surface area contributed by atoms with Crippen LogP contribution in [0.5, 0.6) is 0 Å². The van der Waals surface area contributed by atoms with E-state index in [1.807, 2.05) is 51.1 Å². The van der Waals surface area contributed by atoms with Gasteiger partial charge in [0.25, 0.3) is 0 Å². The first kappa shape index (κ1) is 17.8. The number of nitrogens with zero attached hydrogens (tertiary/aromatic N) is 2. The highest BCUT2D eigenvalue weighted by Gasteiger charge is 2.14.